The number of rotatable bonds is 2. The van der Waals surface area contributed by atoms with Gasteiger partial charge in [0.15, 0.2) is 0 Å². The normalized spacial score (nSPS) is 13.6. The fraction of sp³-hybridized carbons (Fsp3) is 0.167. The maximum absolute atomic E-state index is 12.7. The van der Waals surface area contributed by atoms with E-state index >= 15 is 0 Å². The van der Waals surface area contributed by atoms with Crippen LogP contribution in [0.1, 0.15) is 22.8 Å². The van der Waals surface area contributed by atoms with Gasteiger partial charge in [-0.25, -0.2) is 0 Å². The van der Waals surface area contributed by atoms with E-state index in [0.717, 1.165) is 6.07 Å². The van der Waals surface area contributed by atoms with Gasteiger partial charge in [0.1, 0.15) is 6.10 Å². The van der Waals surface area contributed by atoms with Crippen molar-refractivity contribution in [2.75, 3.05) is 0 Å². The molecule has 0 spiro atoms. The molecule has 1 aromatic heterocycles. The summed E-state index contributed by atoms with van der Waals surface area (Å²) in [6.07, 6.45) is -3.31. The Kier molecular flexibility index (Phi) is 2.93. The van der Waals surface area contributed by atoms with E-state index in [-0.39, 0.29) is 5.56 Å². The number of benzene rings is 1. The standard InChI is InChI=1S/C12H9F3O2/c13-12(14,15)10-4-2-1-3-9(10)11(16)8-5-6-17-7-8/h1-7,11,16H. The number of alkyl halides is 3. The van der Waals surface area contributed by atoms with Crippen LogP contribution in [0.2, 0.25) is 0 Å². The molecule has 1 aromatic carbocycles. The minimum absolute atomic E-state index is 0.179. The molecule has 2 aromatic rings. The first-order valence-electron chi connectivity index (χ1n) is 4.86. The van der Waals surface area contributed by atoms with Gasteiger partial charge in [-0.2, -0.15) is 13.2 Å². The van der Waals surface area contributed by atoms with E-state index in [4.69, 9.17) is 4.42 Å². The maximum Gasteiger partial charge on any atom is 0.416 e. The van der Waals surface area contributed by atoms with Crippen molar-refractivity contribution in [2.45, 2.75) is 12.3 Å². The third-order valence-corrected chi connectivity index (χ3v) is 2.42. The highest BCUT2D eigenvalue weighted by Crippen LogP contribution is 2.36. The summed E-state index contributed by atoms with van der Waals surface area (Å²) in [4.78, 5) is 0. The van der Waals surface area contributed by atoms with Crippen LogP contribution in [0.5, 0.6) is 0 Å². The molecule has 0 aliphatic carbocycles. The number of hydrogen-bond donors (Lipinski definition) is 1. The predicted molar refractivity (Wildman–Crippen MR) is 54.2 cm³/mol. The van der Waals surface area contributed by atoms with Crippen LogP contribution in [0, 0.1) is 0 Å². The summed E-state index contributed by atoms with van der Waals surface area (Å²) >= 11 is 0. The minimum Gasteiger partial charge on any atom is -0.472 e. The second kappa shape index (κ2) is 4.25. The second-order valence-electron chi connectivity index (χ2n) is 3.54. The zero-order valence-corrected chi connectivity index (χ0v) is 8.61. The summed E-state index contributed by atoms with van der Waals surface area (Å²) in [6.45, 7) is 0. The fourth-order valence-corrected chi connectivity index (χ4v) is 1.60. The Hall–Kier alpha value is -1.75. The molecule has 90 valence electrons. The van der Waals surface area contributed by atoms with Crippen LogP contribution in [0.25, 0.3) is 0 Å². The molecule has 0 saturated carbocycles. The summed E-state index contributed by atoms with van der Waals surface area (Å²) in [5.74, 6) is 0. The van der Waals surface area contributed by atoms with Gasteiger partial charge >= 0.3 is 6.18 Å². The molecule has 1 atom stereocenters. The van der Waals surface area contributed by atoms with Crippen molar-refractivity contribution in [3.05, 3.63) is 59.5 Å². The van der Waals surface area contributed by atoms with Gasteiger partial charge in [-0.05, 0) is 17.7 Å². The van der Waals surface area contributed by atoms with Gasteiger partial charge in [0, 0.05) is 5.56 Å². The zero-order chi connectivity index (χ0) is 12.5. The Bertz CT molecular complexity index is 489. The summed E-state index contributed by atoms with van der Waals surface area (Å²) in [7, 11) is 0. The molecule has 0 saturated heterocycles. The number of aliphatic hydroxyl groups excluding tert-OH is 1. The lowest BCUT2D eigenvalue weighted by Gasteiger charge is -2.16. The molecule has 0 fully saturated rings. The zero-order valence-electron chi connectivity index (χ0n) is 8.61. The highest BCUT2D eigenvalue weighted by atomic mass is 19.4. The molecule has 0 radical (unpaired) electrons. The molecule has 0 aliphatic heterocycles. The SMILES string of the molecule is OC(c1ccoc1)c1ccccc1C(F)(F)F. The summed E-state index contributed by atoms with van der Waals surface area (Å²) in [5, 5.41) is 9.86. The van der Waals surface area contributed by atoms with Gasteiger partial charge in [0.25, 0.3) is 0 Å². The lowest BCUT2D eigenvalue weighted by atomic mass is 9.98. The van der Waals surface area contributed by atoms with Crippen molar-refractivity contribution >= 4 is 0 Å². The van der Waals surface area contributed by atoms with E-state index in [9.17, 15) is 18.3 Å². The Balaban J connectivity index is 2.46. The molecule has 2 rings (SSSR count). The lowest BCUT2D eigenvalue weighted by molar-refractivity contribution is -0.139. The number of furan rings is 1. The van der Waals surface area contributed by atoms with E-state index in [1.807, 2.05) is 0 Å². The first-order chi connectivity index (χ1) is 8.00. The molecule has 1 heterocycles. The molecule has 1 N–H and O–H groups in total. The van der Waals surface area contributed by atoms with E-state index < -0.39 is 17.8 Å². The van der Waals surface area contributed by atoms with Gasteiger partial charge in [-0.3, -0.25) is 0 Å². The summed E-state index contributed by atoms with van der Waals surface area (Å²) in [6, 6.07) is 6.36. The van der Waals surface area contributed by atoms with Crippen molar-refractivity contribution in [3.8, 4) is 0 Å². The third-order valence-electron chi connectivity index (χ3n) is 2.42. The van der Waals surface area contributed by atoms with Crippen LogP contribution in [0.15, 0.2) is 47.3 Å². The van der Waals surface area contributed by atoms with Gasteiger partial charge < -0.3 is 9.52 Å². The average molecular weight is 242 g/mol. The minimum atomic E-state index is -4.48. The van der Waals surface area contributed by atoms with Crippen LogP contribution in [0.3, 0.4) is 0 Å². The Morgan fingerprint density at radius 1 is 1.12 bits per heavy atom. The molecule has 0 aliphatic rings. The summed E-state index contributed by atoms with van der Waals surface area (Å²) in [5.41, 5.74) is -0.725. The third kappa shape index (κ3) is 2.34. The van der Waals surface area contributed by atoms with Gasteiger partial charge in [-0.15, -0.1) is 0 Å². The van der Waals surface area contributed by atoms with Crippen LogP contribution in [-0.2, 0) is 6.18 Å². The molecule has 0 bridgehead atoms. The topological polar surface area (TPSA) is 33.4 Å². The quantitative estimate of drug-likeness (QED) is 0.875. The number of hydrogen-bond acceptors (Lipinski definition) is 2. The Morgan fingerprint density at radius 3 is 2.41 bits per heavy atom. The molecular formula is C12H9F3O2. The van der Waals surface area contributed by atoms with E-state index in [1.54, 1.807) is 0 Å². The number of aliphatic hydroxyl groups is 1. The second-order valence-corrected chi connectivity index (χ2v) is 3.54. The van der Waals surface area contributed by atoms with Crippen LogP contribution < -0.4 is 0 Å². The van der Waals surface area contributed by atoms with Gasteiger partial charge in [0.2, 0.25) is 0 Å². The smallest absolute Gasteiger partial charge is 0.416 e. The van der Waals surface area contributed by atoms with E-state index in [0.29, 0.717) is 5.56 Å². The van der Waals surface area contributed by atoms with Crippen molar-refractivity contribution in [3.63, 3.8) is 0 Å². The first kappa shape index (κ1) is 11.7. The highest BCUT2D eigenvalue weighted by molar-refractivity contribution is 5.36. The molecule has 1 unspecified atom stereocenters. The summed E-state index contributed by atoms with van der Waals surface area (Å²) < 4.78 is 42.9. The van der Waals surface area contributed by atoms with Gasteiger partial charge in [-0.1, -0.05) is 18.2 Å². The predicted octanol–water partition coefficient (Wildman–Crippen LogP) is 3.38. The van der Waals surface area contributed by atoms with Crippen molar-refractivity contribution < 1.29 is 22.7 Å². The number of halogens is 3. The average Bonchev–Trinajstić information content (AvgIpc) is 2.80. The van der Waals surface area contributed by atoms with Crippen molar-refractivity contribution in [1.82, 2.24) is 0 Å². The van der Waals surface area contributed by atoms with E-state index in [1.165, 1.54) is 36.8 Å². The Labute approximate surface area is 95.3 Å². The highest BCUT2D eigenvalue weighted by Gasteiger charge is 2.35. The fourth-order valence-electron chi connectivity index (χ4n) is 1.60. The monoisotopic (exact) mass is 242 g/mol. The molecule has 0 amide bonds. The molecule has 17 heavy (non-hydrogen) atoms. The maximum atomic E-state index is 12.7. The van der Waals surface area contributed by atoms with Crippen LogP contribution in [0.4, 0.5) is 13.2 Å². The molecule has 2 nitrogen and oxygen atoms in total. The first-order valence-corrected chi connectivity index (χ1v) is 4.86. The molecular weight excluding hydrogens is 233 g/mol. The largest absolute Gasteiger partial charge is 0.472 e. The lowest BCUT2D eigenvalue weighted by Crippen LogP contribution is -2.12. The van der Waals surface area contributed by atoms with Crippen molar-refractivity contribution in [1.29, 1.82) is 0 Å². The van der Waals surface area contributed by atoms with Gasteiger partial charge in [0.05, 0.1) is 18.1 Å². The van der Waals surface area contributed by atoms with Crippen LogP contribution >= 0.6 is 0 Å². The Morgan fingerprint density at radius 2 is 1.82 bits per heavy atom. The van der Waals surface area contributed by atoms with Crippen LogP contribution in [-0.4, -0.2) is 5.11 Å². The van der Waals surface area contributed by atoms with E-state index in [2.05, 4.69) is 0 Å². The van der Waals surface area contributed by atoms with Crippen molar-refractivity contribution in [2.24, 2.45) is 0 Å². The molecule has 5 heteroatoms.